The molecule has 0 aromatic heterocycles. The third-order valence-corrected chi connectivity index (χ3v) is 4.58. The molecular weight excluding hydrogens is 192 g/mol. The fourth-order valence-corrected chi connectivity index (χ4v) is 3.43. The average molecular weight is 214 g/mol. The van der Waals surface area contributed by atoms with Gasteiger partial charge in [0.1, 0.15) is 0 Å². The Balaban J connectivity index is 2.15. The van der Waals surface area contributed by atoms with Crippen molar-refractivity contribution >= 4 is 17.6 Å². The molecule has 1 fully saturated rings. The van der Waals surface area contributed by atoms with Crippen LogP contribution in [0.15, 0.2) is 0 Å². The molecule has 0 radical (unpaired) electrons. The van der Waals surface area contributed by atoms with Gasteiger partial charge in [-0.05, 0) is 30.9 Å². The minimum atomic E-state index is 0.343. The van der Waals surface area contributed by atoms with Crippen LogP contribution in [0.5, 0.6) is 0 Å². The summed E-state index contributed by atoms with van der Waals surface area (Å²) in [7, 11) is 0. The van der Waals surface area contributed by atoms with Crippen LogP contribution in [0.4, 0.5) is 0 Å². The Morgan fingerprint density at radius 1 is 1.50 bits per heavy atom. The SMILES string of the molecule is CCC(CC(=N)N)SCC1CCCC1. The Morgan fingerprint density at radius 2 is 2.14 bits per heavy atom. The third-order valence-electron chi connectivity index (χ3n) is 2.95. The minimum Gasteiger partial charge on any atom is -0.388 e. The number of hydrogen-bond donors (Lipinski definition) is 2. The highest BCUT2D eigenvalue weighted by atomic mass is 32.2. The molecule has 0 saturated heterocycles. The maximum atomic E-state index is 7.28. The van der Waals surface area contributed by atoms with Gasteiger partial charge in [-0.3, -0.25) is 5.41 Å². The molecule has 1 aliphatic carbocycles. The van der Waals surface area contributed by atoms with Crippen molar-refractivity contribution < 1.29 is 0 Å². The highest BCUT2D eigenvalue weighted by molar-refractivity contribution is 7.99. The van der Waals surface area contributed by atoms with Crippen molar-refractivity contribution in [3.8, 4) is 0 Å². The number of nitrogens with one attached hydrogen (secondary N) is 1. The molecule has 0 amide bonds. The zero-order valence-corrected chi connectivity index (χ0v) is 9.91. The highest BCUT2D eigenvalue weighted by Gasteiger charge is 2.17. The van der Waals surface area contributed by atoms with Gasteiger partial charge in [0.05, 0.1) is 5.84 Å². The van der Waals surface area contributed by atoms with Gasteiger partial charge in [-0.25, -0.2) is 0 Å². The van der Waals surface area contributed by atoms with Crippen LogP contribution in [0.3, 0.4) is 0 Å². The maximum absolute atomic E-state index is 7.28. The maximum Gasteiger partial charge on any atom is 0.0916 e. The van der Waals surface area contributed by atoms with Crippen molar-refractivity contribution in [2.45, 2.75) is 50.7 Å². The van der Waals surface area contributed by atoms with Gasteiger partial charge in [0.2, 0.25) is 0 Å². The second kappa shape index (κ2) is 6.33. The standard InChI is InChI=1S/C11H22N2S/c1-2-10(7-11(12)13)14-8-9-5-3-4-6-9/h9-10H,2-8H2,1H3,(H3,12,13). The molecule has 0 spiro atoms. The van der Waals surface area contributed by atoms with E-state index in [1.807, 2.05) is 11.8 Å². The summed E-state index contributed by atoms with van der Waals surface area (Å²) in [5.74, 6) is 2.57. The molecule has 1 atom stereocenters. The second-order valence-electron chi connectivity index (χ2n) is 4.24. The fourth-order valence-electron chi connectivity index (χ4n) is 2.02. The summed E-state index contributed by atoms with van der Waals surface area (Å²) in [6.45, 7) is 2.19. The van der Waals surface area contributed by atoms with Crippen LogP contribution >= 0.6 is 11.8 Å². The van der Waals surface area contributed by atoms with Crippen LogP contribution in [-0.4, -0.2) is 16.8 Å². The summed E-state index contributed by atoms with van der Waals surface area (Å²) in [4.78, 5) is 0. The first-order valence-electron chi connectivity index (χ1n) is 5.66. The van der Waals surface area contributed by atoms with Crippen molar-refractivity contribution in [2.75, 3.05) is 5.75 Å². The van der Waals surface area contributed by atoms with Gasteiger partial charge in [-0.2, -0.15) is 11.8 Å². The van der Waals surface area contributed by atoms with E-state index < -0.39 is 0 Å². The molecule has 82 valence electrons. The molecule has 0 bridgehead atoms. The van der Waals surface area contributed by atoms with E-state index in [1.54, 1.807) is 0 Å². The molecule has 14 heavy (non-hydrogen) atoms. The van der Waals surface area contributed by atoms with E-state index >= 15 is 0 Å². The number of rotatable bonds is 6. The van der Waals surface area contributed by atoms with Gasteiger partial charge in [-0.1, -0.05) is 19.8 Å². The fraction of sp³-hybridized carbons (Fsp3) is 0.909. The first kappa shape index (κ1) is 11.9. The van der Waals surface area contributed by atoms with Crippen molar-refractivity contribution in [1.29, 1.82) is 5.41 Å². The summed E-state index contributed by atoms with van der Waals surface area (Å²) in [6.07, 6.45) is 7.60. The van der Waals surface area contributed by atoms with Crippen molar-refractivity contribution in [1.82, 2.24) is 0 Å². The van der Waals surface area contributed by atoms with E-state index in [4.69, 9.17) is 11.1 Å². The molecule has 0 heterocycles. The summed E-state index contributed by atoms with van der Waals surface area (Å²) in [5, 5.41) is 7.86. The summed E-state index contributed by atoms with van der Waals surface area (Å²) in [5.41, 5.74) is 5.42. The van der Waals surface area contributed by atoms with Crippen LogP contribution in [0.2, 0.25) is 0 Å². The normalized spacial score (nSPS) is 19.8. The molecule has 3 N–H and O–H groups in total. The predicted molar refractivity (Wildman–Crippen MR) is 65.0 cm³/mol. The molecule has 2 nitrogen and oxygen atoms in total. The molecule has 0 aromatic rings. The molecule has 1 rings (SSSR count). The monoisotopic (exact) mass is 214 g/mol. The summed E-state index contributed by atoms with van der Waals surface area (Å²) < 4.78 is 0. The molecule has 0 aliphatic heterocycles. The Kier molecular flexibility index (Phi) is 5.38. The summed E-state index contributed by atoms with van der Waals surface area (Å²) >= 11 is 2.03. The Bertz CT molecular complexity index is 176. The van der Waals surface area contributed by atoms with E-state index in [-0.39, 0.29) is 0 Å². The van der Waals surface area contributed by atoms with E-state index in [1.165, 1.54) is 31.4 Å². The Morgan fingerprint density at radius 3 is 2.64 bits per heavy atom. The van der Waals surface area contributed by atoms with Crippen molar-refractivity contribution in [2.24, 2.45) is 11.7 Å². The number of nitrogens with two attached hydrogens (primary N) is 1. The molecule has 3 heteroatoms. The summed E-state index contributed by atoms with van der Waals surface area (Å²) in [6, 6.07) is 0. The van der Waals surface area contributed by atoms with Gasteiger partial charge in [0.25, 0.3) is 0 Å². The molecule has 1 unspecified atom stereocenters. The molecule has 0 aromatic carbocycles. The molecule has 1 aliphatic rings. The van der Waals surface area contributed by atoms with Gasteiger partial charge < -0.3 is 5.73 Å². The smallest absolute Gasteiger partial charge is 0.0916 e. The van der Waals surface area contributed by atoms with Gasteiger partial charge in [-0.15, -0.1) is 0 Å². The lowest BCUT2D eigenvalue weighted by atomic mass is 10.1. The van der Waals surface area contributed by atoms with Crippen LogP contribution in [0, 0.1) is 11.3 Å². The van der Waals surface area contributed by atoms with E-state index in [9.17, 15) is 0 Å². The van der Waals surface area contributed by atoms with Crippen LogP contribution < -0.4 is 5.73 Å². The molecular formula is C11H22N2S. The molecule has 1 saturated carbocycles. The quantitative estimate of drug-likeness (QED) is 0.527. The first-order chi connectivity index (χ1) is 6.72. The topological polar surface area (TPSA) is 49.9 Å². The van der Waals surface area contributed by atoms with Gasteiger partial charge in [0, 0.05) is 11.7 Å². The number of hydrogen-bond acceptors (Lipinski definition) is 2. The zero-order valence-electron chi connectivity index (χ0n) is 9.09. The first-order valence-corrected chi connectivity index (χ1v) is 6.71. The highest BCUT2D eigenvalue weighted by Crippen LogP contribution is 2.30. The van der Waals surface area contributed by atoms with Crippen LogP contribution in [0.25, 0.3) is 0 Å². The van der Waals surface area contributed by atoms with Crippen molar-refractivity contribution in [3.05, 3.63) is 0 Å². The number of thioether (sulfide) groups is 1. The van der Waals surface area contributed by atoms with E-state index in [0.717, 1.165) is 18.8 Å². The lowest BCUT2D eigenvalue weighted by Gasteiger charge is -2.16. The lowest BCUT2D eigenvalue weighted by Crippen LogP contribution is -2.17. The van der Waals surface area contributed by atoms with Gasteiger partial charge in [0.15, 0.2) is 0 Å². The Labute approximate surface area is 91.5 Å². The Hall–Kier alpha value is -0.180. The largest absolute Gasteiger partial charge is 0.388 e. The van der Waals surface area contributed by atoms with Crippen LogP contribution in [0.1, 0.15) is 45.4 Å². The predicted octanol–water partition coefficient (Wildman–Crippen LogP) is 3.01. The minimum absolute atomic E-state index is 0.343. The third kappa shape index (κ3) is 4.36. The lowest BCUT2D eigenvalue weighted by molar-refractivity contribution is 0.621. The number of amidine groups is 1. The van der Waals surface area contributed by atoms with Crippen molar-refractivity contribution in [3.63, 3.8) is 0 Å². The zero-order chi connectivity index (χ0) is 10.4. The van der Waals surface area contributed by atoms with E-state index in [0.29, 0.717) is 11.1 Å². The second-order valence-corrected chi connectivity index (χ2v) is 5.58. The van der Waals surface area contributed by atoms with Crippen LogP contribution in [-0.2, 0) is 0 Å². The van der Waals surface area contributed by atoms with E-state index in [2.05, 4.69) is 6.92 Å². The van der Waals surface area contributed by atoms with Gasteiger partial charge >= 0.3 is 0 Å². The average Bonchev–Trinajstić information content (AvgIpc) is 2.64.